The van der Waals surface area contributed by atoms with Crippen LogP contribution in [0.25, 0.3) is 0 Å². The molecule has 0 saturated heterocycles. The first kappa shape index (κ1) is 15.7. The molecule has 116 valence electrons. The summed E-state index contributed by atoms with van der Waals surface area (Å²) in [5, 5.41) is 12.8. The van der Waals surface area contributed by atoms with Gasteiger partial charge in [-0.1, -0.05) is 6.07 Å². The van der Waals surface area contributed by atoms with E-state index in [2.05, 4.69) is 15.3 Å². The molecule has 0 aliphatic carbocycles. The van der Waals surface area contributed by atoms with Crippen LogP contribution in [0.4, 0.5) is 0 Å². The molecule has 1 aromatic heterocycles. The van der Waals surface area contributed by atoms with Gasteiger partial charge in [0.25, 0.3) is 5.91 Å². The maximum Gasteiger partial charge on any atom is 0.271 e. The molecule has 7 heteroatoms. The number of ether oxygens (including phenoxy) is 2. The van der Waals surface area contributed by atoms with Crippen LogP contribution in [0.3, 0.4) is 0 Å². The molecular formula is C15H17N3O4. The van der Waals surface area contributed by atoms with E-state index < -0.39 is 12.0 Å². The lowest BCUT2D eigenvalue weighted by molar-refractivity contribution is 0.0911. The Hall–Kier alpha value is -2.67. The normalized spacial score (nSPS) is 11.6. The van der Waals surface area contributed by atoms with E-state index in [1.807, 2.05) is 0 Å². The van der Waals surface area contributed by atoms with E-state index in [1.54, 1.807) is 18.2 Å². The number of carbonyl (C=O) groups is 1. The Bertz CT molecular complexity index is 634. The Kier molecular flexibility index (Phi) is 5.26. The van der Waals surface area contributed by atoms with Crippen molar-refractivity contribution in [2.75, 3.05) is 20.8 Å². The quantitative estimate of drug-likeness (QED) is 0.825. The van der Waals surface area contributed by atoms with Gasteiger partial charge < -0.3 is 19.9 Å². The van der Waals surface area contributed by atoms with E-state index >= 15 is 0 Å². The third-order valence-corrected chi connectivity index (χ3v) is 3.04. The van der Waals surface area contributed by atoms with Gasteiger partial charge in [-0.15, -0.1) is 0 Å². The summed E-state index contributed by atoms with van der Waals surface area (Å²) in [5.41, 5.74) is 0.805. The van der Waals surface area contributed by atoms with Crippen LogP contribution in [0.5, 0.6) is 11.5 Å². The van der Waals surface area contributed by atoms with Crippen LogP contribution < -0.4 is 14.8 Å². The van der Waals surface area contributed by atoms with E-state index in [9.17, 15) is 9.90 Å². The number of aliphatic hydroxyl groups excluding tert-OH is 1. The van der Waals surface area contributed by atoms with Crippen molar-refractivity contribution in [3.8, 4) is 11.5 Å². The molecule has 22 heavy (non-hydrogen) atoms. The Morgan fingerprint density at radius 3 is 2.68 bits per heavy atom. The molecule has 0 bridgehead atoms. The number of nitrogens with zero attached hydrogens (tertiary/aromatic N) is 2. The van der Waals surface area contributed by atoms with Crippen LogP contribution in [0.2, 0.25) is 0 Å². The molecule has 0 aliphatic heterocycles. The van der Waals surface area contributed by atoms with Gasteiger partial charge in [-0.3, -0.25) is 9.78 Å². The highest BCUT2D eigenvalue weighted by molar-refractivity contribution is 5.91. The topological polar surface area (TPSA) is 93.6 Å². The molecule has 1 unspecified atom stereocenters. The van der Waals surface area contributed by atoms with E-state index in [0.717, 1.165) is 0 Å². The van der Waals surface area contributed by atoms with Crippen LogP contribution in [-0.2, 0) is 0 Å². The summed E-state index contributed by atoms with van der Waals surface area (Å²) >= 11 is 0. The van der Waals surface area contributed by atoms with Crippen LogP contribution in [-0.4, -0.2) is 41.7 Å². The number of carbonyl (C=O) groups excluding carboxylic acids is 1. The summed E-state index contributed by atoms with van der Waals surface area (Å²) < 4.78 is 10.3. The molecule has 7 nitrogen and oxygen atoms in total. The van der Waals surface area contributed by atoms with Crippen molar-refractivity contribution in [3.63, 3.8) is 0 Å². The molecule has 0 radical (unpaired) electrons. The standard InChI is InChI=1S/C15H17N3O4/c1-21-13-4-3-10(7-14(13)22-2)12(19)9-18-15(20)11-8-16-5-6-17-11/h3-8,12,19H,9H2,1-2H3,(H,18,20). The number of aromatic nitrogens is 2. The summed E-state index contributed by atoms with van der Waals surface area (Å²) in [7, 11) is 3.05. The zero-order valence-corrected chi connectivity index (χ0v) is 12.3. The highest BCUT2D eigenvalue weighted by Crippen LogP contribution is 2.29. The summed E-state index contributed by atoms with van der Waals surface area (Å²) in [4.78, 5) is 19.5. The number of amides is 1. The van der Waals surface area contributed by atoms with E-state index in [0.29, 0.717) is 17.1 Å². The van der Waals surface area contributed by atoms with Crippen molar-refractivity contribution in [1.29, 1.82) is 0 Å². The van der Waals surface area contributed by atoms with Crippen molar-refractivity contribution < 1.29 is 19.4 Å². The fraction of sp³-hybridized carbons (Fsp3) is 0.267. The highest BCUT2D eigenvalue weighted by Gasteiger charge is 2.14. The zero-order valence-electron chi connectivity index (χ0n) is 12.3. The molecule has 0 fully saturated rings. The summed E-state index contributed by atoms with van der Waals surface area (Å²) in [6.07, 6.45) is 3.40. The molecule has 2 rings (SSSR count). The molecule has 0 aliphatic rings. The fourth-order valence-electron chi connectivity index (χ4n) is 1.87. The van der Waals surface area contributed by atoms with Gasteiger partial charge in [-0.25, -0.2) is 4.98 Å². The first-order valence-corrected chi connectivity index (χ1v) is 6.60. The second kappa shape index (κ2) is 7.37. The number of aliphatic hydroxyl groups is 1. The van der Waals surface area contributed by atoms with E-state index in [4.69, 9.17) is 9.47 Å². The fourth-order valence-corrected chi connectivity index (χ4v) is 1.87. The van der Waals surface area contributed by atoms with Gasteiger partial charge in [0.1, 0.15) is 5.69 Å². The maximum absolute atomic E-state index is 11.8. The van der Waals surface area contributed by atoms with Crippen LogP contribution in [0, 0.1) is 0 Å². The predicted octanol–water partition coefficient (Wildman–Crippen LogP) is 0.957. The molecule has 1 heterocycles. The minimum Gasteiger partial charge on any atom is -0.493 e. The molecule has 1 atom stereocenters. The Morgan fingerprint density at radius 2 is 2.05 bits per heavy atom. The third kappa shape index (κ3) is 3.70. The number of methoxy groups -OCH3 is 2. The second-order valence-electron chi connectivity index (χ2n) is 4.43. The van der Waals surface area contributed by atoms with Gasteiger partial charge in [0.15, 0.2) is 11.5 Å². The average molecular weight is 303 g/mol. The SMILES string of the molecule is COc1ccc(C(O)CNC(=O)c2cnccn2)cc1OC. The van der Waals surface area contributed by atoms with Crippen LogP contribution in [0.15, 0.2) is 36.8 Å². The molecular weight excluding hydrogens is 286 g/mol. The summed E-state index contributed by atoms with van der Waals surface area (Å²) in [6, 6.07) is 5.07. The minimum absolute atomic E-state index is 0.0465. The molecule has 2 N–H and O–H groups in total. The highest BCUT2D eigenvalue weighted by atomic mass is 16.5. The third-order valence-electron chi connectivity index (χ3n) is 3.04. The maximum atomic E-state index is 11.8. The molecule has 1 amide bonds. The molecule has 2 aromatic rings. The number of nitrogens with one attached hydrogen (secondary N) is 1. The second-order valence-corrected chi connectivity index (χ2v) is 4.43. The smallest absolute Gasteiger partial charge is 0.271 e. The van der Waals surface area contributed by atoms with Gasteiger partial charge in [-0.2, -0.15) is 0 Å². The van der Waals surface area contributed by atoms with Gasteiger partial charge in [0.2, 0.25) is 0 Å². The van der Waals surface area contributed by atoms with E-state index in [-0.39, 0.29) is 12.2 Å². The monoisotopic (exact) mass is 303 g/mol. The van der Waals surface area contributed by atoms with Crippen molar-refractivity contribution >= 4 is 5.91 Å². The molecule has 0 saturated carbocycles. The average Bonchev–Trinajstić information content (AvgIpc) is 2.59. The van der Waals surface area contributed by atoms with Gasteiger partial charge in [0.05, 0.1) is 26.5 Å². The molecule has 1 aromatic carbocycles. The Morgan fingerprint density at radius 1 is 1.27 bits per heavy atom. The first-order chi connectivity index (χ1) is 10.7. The van der Waals surface area contributed by atoms with Crippen LogP contribution in [0.1, 0.15) is 22.2 Å². The minimum atomic E-state index is -0.875. The lowest BCUT2D eigenvalue weighted by Crippen LogP contribution is -2.29. The largest absolute Gasteiger partial charge is 0.493 e. The zero-order chi connectivity index (χ0) is 15.9. The van der Waals surface area contributed by atoms with Crippen molar-refractivity contribution in [1.82, 2.24) is 15.3 Å². The lowest BCUT2D eigenvalue weighted by Gasteiger charge is -2.14. The summed E-state index contributed by atoms with van der Waals surface area (Å²) in [6.45, 7) is 0.0465. The Labute approximate surface area is 127 Å². The van der Waals surface area contributed by atoms with Crippen molar-refractivity contribution in [3.05, 3.63) is 48.0 Å². The van der Waals surface area contributed by atoms with E-state index in [1.165, 1.54) is 32.8 Å². The lowest BCUT2D eigenvalue weighted by atomic mass is 10.1. The number of hydrogen-bond donors (Lipinski definition) is 2. The van der Waals surface area contributed by atoms with Crippen molar-refractivity contribution in [2.24, 2.45) is 0 Å². The molecule has 0 spiro atoms. The van der Waals surface area contributed by atoms with Gasteiger partial charge >= 0.3 is 0 Å². The summed E-state index contributed by atoms with van der Waals surface area (Å²) in [5.74, 6) is 0.689. The predicted molar refractivity (Wildman–Crippen MR) is 78.9 cm³/mol. The van der Waals surface area contributed by atoms with Crippen molar-refractivity contribution in [2.45, 2.75) is 6.10 Å². The van der Waals surface area contributed by atoms with Gasteiger partial charge in [0, 0.05) is 18.9 Å². The van der Waals surface area contributed by atoms with Crippen LogP contribution >= 0.6 is 0 Å². The number of benzene rings is 1. The first-order valence-electron chi connectivity index (χ1n) is 6.60. The number of hydrogen-bond acceptors (Lipinski definition) is 6. The number of rotatable bonds is 6. The Balaban J connectivity index is 2.00. The van der Waals surface area contributed by atoms with Gasteiger partial charge in [-0.05, 0) is 17.7 Å².